The molecular weight excluding hydrogens is 304 g/mol. The summed E-state index contributed by atoms with van der Waals surface area (Å²) >= 11 is 3.49. The third kappa shape index (κ3) is 3.07. The normalized spacial score (nSPS) is 9.79. The van der Waals surface area contributed by atoms with Crippen molar-refractivity contribution in [2.45, 2.75) is 6.92 Å². The molecule has 0 unspecified atom stereocenters. The van der Waals surface area contributed by atoms with E-state index in [2.05, 4.69) is 27.3 Å². The molecule has 0 aliphatic rings. The Hall–Kier alpha value is -1.99. The largest absolute Gasteiger partial charge is 0.497 e. The topological polar surface area (TPSA) is 45.0 Å². The van der Waals surface area contributed by atoms with Crippen LogP contribution in [0.4, 0.5) is 11.4 Å². The number of nitrogens with one attached hydrogen (secondary N) is 1. The minimum absolute atomic E-state index is 0.690. The number of rotatable bonds is 3. The van der Waals surface area contributed by atoms with Gasteiger partial charge in [-0.05, 0) is 58.7 Å². The van der Waals surface area contributed by atoms with Crippen LogP contribution >= 0.6 is 15.9 Å². The van der Waals surface area contributed by atoms with Crippen LogP contribution in [0, 0.1) is 18.3 Å². The second-order valence-corrected chi connectivity index (χ2v) is 4.97. The standard InChI is InChI=1S/C15H13BrN2O/c1-10-7-12(4-3-11(10)9-17)18-15-8-13(19-2)5-6-14(15)16/h3-8,18H,1-2H3. The molecule has 0 aliphatic carbocycles. The van der Waals surface area contributed by atoms with Crippen molar-refractivity contribution in [2.75, 3.05) is 12.4 Å². The van der Waals surface area contributed by atoms with Gasteiger partial charge in [-0.15, -0.1) is 0 Å². The molecule has 0 aliphatic heterocycles. The molecule has 0 spiro atoms. The van der Waals surface area contributed by atoms with Crippen LogP contribution in [0.2, 0.25) is 0 Å². The molecule has 0 saturated carbocycles. The van der Waals surface area contributed by atoms with Crippen molar-refractivity contribution in [3.8, 4) is 11.8 Å². The maximum Gasteiger partial charge on any atom is 0.121 e. The third-order valence-electron chi connectivity index (χ3n) is 2.80. The Morgan fingerprint density at radius 1 is 1.21 bits per heavy atom. The van der Waals surface area contributed by atoms with Gasteiger partial charge in [0.2, 0.25) is 0 Å². The monoisotopic (exact) mass is 316 g/mol. The number of anilines is 2. The van der Waals surface area contributed by atoms with Gasteiger partial charge in [0.25, 0.3) is 0 Å². The number of ether oxygens (including phenoxy) is 1. The number of nitrogens with zero attached hydrogens (tertiary/aromatic N) is 1. The Kier molecular flexibility index (Phi) is 4.08. The first-order valence-electron chi connectivity index (χ1n) is 5.75. The van der Waals surface area contributed by atoms with E-state index in [1.165, 1.54) is 0 Å². The highest BCUT2D eigenvalue weighted by atomic mass is 79.9. The van der Waals surface area contributed by atoms with E-state index in [0.717, 1.165) is 27.2 Å². The number of nitriles is 1. The lowest BCUT2D eigenvalue weighted by atomic mass is 10.1. The van der Waals surface area contributed by atoms with Gasteiger partial charge in [0, 0.05) is 16.2 Å². The summed E-state index contributed by atoms with van der Waals surface area (Å²) in [5.41, 5.74) is 3.50. The minimum Gasteiger partial charge on any atom is -0.497 e. The molecule has 1 N–H and O–H groups in total. The van der Waals surface area contributed by atoms with E-state index < -0.39 is 0 Å². The first-order chi connectivity index (χ1) is 9.13. The zero-order valence-corrected chi connectivity index (χ0v) is 12.3. The number of aryl methyl sites for hydroxylation is 1. The molecule has 0 bridgehead atoms. The lowest BCUT2D eigenvalue weighted by Gasteiger charge is -2.11. The predicted octanol–water partition coefficient (Wildman–Crippen LogP) is 4.38. The molecule has 2 aromatic rings. The number of methoxy groups -OCH3 is 1. The second-order valence-electron chi connectivity index (χ2n) is 4.11. The summed E-state index contributed by atoms with van der Waals surface area (Å²) in [6.45, 7) is 1.92. The van der Waals surface area contributed by atoms with Gasteiger partial charge >= 0.3 is 0 Å². The van der Waals surface area contributed by atoms with E-state index in [4.69, 9.17) is 10.00 Å². The molecular formula is C15H13BrN2O. The molecule has 19 heavy (non-hydrogen) atoms. The van der Waals surface area contributed by atoms with E-state index in [1.807, 2.05) is 43.3 Å². The summed E-state index contributed by atoms with van der Waals surface area (Å²) in [6.07, 6.45) is 0. The third-order valence-corrected chi connectivity index (χ3v) is 3.49. The molecule has 2 aromatic carbocycles. The molecule has 0 radical (unpaired) electrons. The Balaban J connectivity index is 2.31. The lowest BCUT2D eigenvalue weighted by Crippen LogP contribution is -1.94. The second kappa shape index (κ2) is 5.77. The Morgan fingerprint density at radius 3 is 2.63 bits per heavy atom. The van der Waals surface area contributed by atoms with Crippen molar-refractivity contribution in [3.63, 3.8) is 0 Å². The first-order valence-corrected chi connectivity index (χ1v) is 6.54. The van der Waals surface area contributed by atoms with E-state index in [0.29, 0.717) is 5.56 Å². The molecule has 0 amide bonds. The Bertz CT molecular complexity index is 647. The van der Waals surface area contributed by atoms with Crippen molar-refractivity contribution >= 4 is 27.3 Å². The van der Waals surface area contributed by atoms with Crippen LogP contribution in [0.5, 0.6) is 5.75 Å². The summed E-state index contributed by atoms with van der Waals surface area (Å²) in [4.78, 5) is 0. The summed E-state index contributed by atoms with van der Waals surface area (Å²) in [5.74, 6) is 0.788. The summed E-state index contributed by atoms with van der Waals surface area (Å²) in [7, 11) is 1.64. The van der Waals surface area contributed by atoms with Gasteiger partial charge in [0.1, 0.15) is 5.75 Å². The number of hydrogen-bond acceptors (Lipinski definition) is 3. The summed E-state index contributed by atoms with van der Waals surface area (Å²) in [5, 5.41) is 12.2. The minimum atomic E-state index is 0.690. The Morgan fingerprint density at radius 2 is 2.00 bits per heavy atom. The van der Waals surface area contributed by atoms with E-state index in [1.54, 1.807) is 7.11 Å². The van der Waals surface area contributed by atoms with Crippen molar-refractivity contribution in [1.29, 1.82) is 5.26 Å². The van der Waals surface area contributed by atoms with Crippen LogP contribution in [-0.4, -0.2) is 7.11 Å². The van der Waals surface area contributed by atoms with Crippen molar-refractivity contribution in [1.82, 2.24) is 0 Å². The van der Waals surface area contributed by atoms with Crippen LogP contribution in [0.15, 0.2) is 40.9 Å². The fraction of sp³-hybridized carbons (Fsp3) is 0.133. The van der Waals surface area contributed by atoms with Crippen LogP contribution < -0.4 is 10.1 Å². The molecule has 96 valence electrons. The fourth-order valence-electron chi connectivity index (χ4n) is 1.75. The van der Waals surface area contributed by atoms with Crippen molar-refractivity contribution in [2.24, 2.45) is 0 Å². The molecule has 0 heterocycles. The highest BCUT2D eigenvalue weighted by Crippen LogP contribution is 2.30. The predicted molar refractivity (Wildman–Crippen MR) is 79.9 cm³/mol. The smallest absolute Gasteiger partial charge is 0.121 e. The number of halogens is 1. The van der Waals surface area contributed by atoms with Crippen molar-refractivity contribution < 1.29 is 4.74 Å². The van der Waals surface area contributed by atoms with E-state index >= 15 is 0 Å². The average Bonchev–Trinajstić information content (AvgIpc) is 2.41. The SMILES string of the molecule is COc1ccc(Br)c(Nc2ccc(C#N)c(C)c2)c1. The lowest BCUT2D eigenvalue weighted by molar-refractivity contribution is 0.415. The van der Waals surface area contributed by atoms with Gasteiger partial charge in [-0.3, -0.25) is 0 Å². The zero-order valence-electron chi connectivity index (χ0n) is 10.7. The maximum absolute atomic E-state index is 8.92. The van der Waals surface area contributed by atoms with Crippen LogP contribution in [0.3, 0.4) is 0 Å². The van der Waals surface area contributed by atoms with Gasteiger partial charge in [-0.25, -0.2) is 0 Å². The first kappa shape index (κ1) is 13.4. The average molecular weight is 317 g/mol. The van der Waals surface area contributed by atoms with Gasteiger partial charge in [0.15, 0.2) is 0 Å². The van der Waals surface area contributed by atoms with E-state index in [9.17, 15) is 0 Å². The van der Waals surface area contributed by atoms with Gasteiger partial charge in [-0.2, -0.15) is 5.26 Å². The highest BCUT2D eigenvalue weighted by molar-refractivity contribution is 9.10. The fourth-order valence-corrected chi connectivity index (χ4v) is 2.10. The van der Waals surface area contributed by atoms with Crippen LogP contribution in [0.25, 0.3) is 0 Å². The summed E-state index contributed by atoms with van der Waals surface area (Å²) in [6, 6.07) is 13.5. The van der Waals surface area contributed by atoms with Gasteiger partial charge in [0.05, 0.1) is 24.4 Å². The van der Waals surface area contributed by atoms with Gasteiger partial charge < -0.3 is 10.1 Å². The zero-order chi connectivity index (χ0) is 13.8. The highest BCUT2D eigenvalue weighted by Gasteiger charge is 2.04. The van der Waals surface area contributed by atoms with Gasteiger partial charge in [-0.1, -0.05) is 0 Å². The molecule has 2 rings (SSSR count). The van der Waals surface area contributed by atoms with Crippen molar-refractivity contribution in [3.05, 3.63) is 52.0 Å². The number of hydrogen-bond donors (Lipinski definition) is 1. The van der Waals surface area contributed by atoms with Crippen LogP contribution in [-0.2, 0) is 0 Å². The molecule has 0 aromatic heterocycles. The molecule has 3 nitrogen and oxygen atoms in total. The van der Waals surface area contributed by atoms with E-state index in [-0.39, 0.29) is 0 Å². The molecule has 0 fully saturated rings. The summed E-state index contributed by atoms with van der Waals surface area (Å²) < 4.78 is 6.16. The quantitative estimate of drug-likeness (QED) is 0.913. The number of benzene rings is 2. The molecule has 0 saturated heterocycles. The maximum atomic E-state index is 8.92. The molecule has 4 heteroatoms. The van der Waals surface area contributed by atoms with Crippen LogP contribution in [0.1, 0.15) is 11.1 Å². The molecule has 0 atom stereocenters. The Labute approximate surface area is 121 Å².